The summed E-state index contributed by atoms with van der Waals surface area (Å²) >= 11 is 1.43. The number of carbonyl (C=O) groups is 1. The van der Waals surface area contributed by atoms with Crippen LogP contribution in [-0.4, -0.2) is 15.4 Å². The highest BCUT2D eigenvalue weighted by Gasteiger charge is 2.12. The van der Waals surface area contributed by atoms with Crippen molar-refractivity contribution >= 4 is 43.9 Å². The Bertz CT molecular complexity index is 1250. The summed E-state index contributed by atoms with van der Waals surface area (Å²) in [6.45, 7) is 0. The van der Waals surface area contributed by atoms with E-state index in [0.717, 1.165) is 21.0 Å². The molecule has 1 amide bonds. The number of hydrogen-bond acceptors (Lipinski definition) is 4. The standard InChI is InChI=1S/C19H13N3O3S/c1-21-16-10-9-12-5-2-3-8-15(12)17(16)26-19(21)20-18(23)13-6-4-7-14(11-13)22(24)25/h2-11H,1H3. The van der Waals surface area contributed by atoms with E-state index in [-0.39, 0.29) is 11.3 Å². The number of non-ortho nitro benzene ring substituents is 1. The molecule has 0 radical (unpaired) electrons. The van der Waals surface area contributed by atoms with Crippen LogP contribution in [0.15, 0.2) is 65.7 Å². The van der Waals surface area contributed by atoms with Crippen LogP contribution in [-0.2, 0) is 7.05 Å². The average molecular weight is 363 g/mol. The van der Waals surface area contributed by atoms with Gasteiger partial charge in [0.05, 0.1) is 15.1 Å². The highest BCUT2D eigenvalue weighted by atomic mass is 32.1. The molecule has 0 unspecified atom stereocenters. The maximum Gasteiger partial charge on any atom is 0.279 e. The van der Waals surface area contributed by atoms with Crippen molar-refractivity contribution in [2.24, 2.45) is 12.0 Å². The summed E-state index contributed by atoms with van der Waals surface area (Å²) < 4.78 is 2.91. The number of thiazole rings is 1. The summed E-state index contributed by atoms with van der Waals surface area (Å²) in [6.07, 6.45) is 0. The first-order valence-corrected chi connectivity index (χ1v) is 8.67. The molecular weight excluding hydrogens is 350 g/mol. The number of nitrogens with zero attached hydrogens (tertiary/aromatic N) is 3. The van der Waals surface area contributed by atoms with Crippen molar-refractivity contribution in [2.45, 2.75) is 0 Å². The highest BCUT2D eigenvalue weighted by Crippen LogP contribution is 2.27. The molecule has 0 spiro atoms. The van der Waals surface area contributed by atoms with Gasteiger partial charge in [-0.2, -0.15) is 4.99 Å². The van der Waals surface area contributed by atoms with E-state index in [1.165, 1.54) is 35.6 Å². The predicted molar refractivity (Wildman–Crippen MR) is 101 cm³/mol. The molecule has 0 N–H and O–H groups in total. The molecule has 1 aromatic heterocycles. The van der Waals surface area contributed by atoms with Gasteiger partial charge in [0.15, 0.2) is 4.80 Å². The molecule has 7 heteroatoms. The number of nitro benzene ring substituents is 1. The number of carbonyl (C=O) groups excluding carboxylic acids is 1. The van der Waals surface area contributed by atoms with Crippen LogP contribution in [0.2, 0.25) is 0 Å². The Morgan fingerprint density at radius 3 is 2.73 bits per heavy atom. The third kappa shape index (κ3) is 2.68. The largest absolute Gasteiger partial charge is 0.319 e. The summed E-state index contributed by atoms with van der Waals surface area (Å²) in [7, 11) is 1.85. The molecule has 0 aliphatic rings. The smallest absolute Gasteiger partial charge is 0.279 e. The fourth-order valence-electron chi connectivity index (χ4n) is 2.87. The Balaban J connectivity index is 1.87. The third-order valence-corrected chi connectivity index (χ3v) is 5.38. The van der Waals surface area contributed by atoms with Gasteiger partial charge in [-0.25, -0.2) is 0 Å². The minimum atomic E-state index is -0.525. The summed E-state index contributed by atoms with van der Waals surface area (Å²) in [5.74, 6) is -0.500. The molecule has 4 aromatic rings. The summed E-state index contributed by atoms with van der Waals surface area (Å²) in [5, 5.41) is 13.1. The van der Waals surface area contributed by atoms with Crippen LogP contribution in [0.5, 0.6) is 0 Å². The van der Waals surface area contributed by atoms with Gasteiger partial charge < -0.3 is 4.57 Å². The average Bonchev–Trinajstić information content (AvgIpc) is 2.98. The fourth-order valence-corrected chi connectivity index (χ4v) is 4.02. The summed E-state index contributed by atoms with van der Waals surface area (Å²) in [5.41, 5.74) is 1.05. The zero-order valence-electron chi connectivity index (χ0n) is 13.7. The monoisotopic (exact) mass is 363 g/mol. The van der Waals surface area contributed by atoms with Gasteiger partial charge in [-0.15, -0.1) is 0 Å². The fraction of sp³-hybridized carbons (Fsp3) is 0.0526. The quantitative estimate of drug-likeness (QED) is 0.398. The van der Waals surface area contributed by atoms with Crippen LogP contribution in [0.1, 0.15) is 10.4 Å². The molecule has 128 valence electrons. The van der Waals surface area contributed by atoms with E-state index in [0.29, 0.717) is 4.80 Å². The second-order valence-electron chi connectivity index (χ2n) is 5.80. The SMILES string of the molecule is Cn1c(=NC(=O)c2cccc([N+](=O)[O-])c2)sc2c3ccccc3ccc21. The molecule has 0 aliphatic heterocycles. The molecule has 26 heavy (non-hydrogen) atoms. The van der Waals surface area contributed by atoms with Crippen molar-refractivity contribution in [1.29, 1.82) is 0 Å². The molecule has 3 aromatic carbocycles. The van der Waals surface area contributed by atoms with E-state index in [9.17, 15) is 14.9 Å². The van der Waals surface area contributed by atoms with E-state index in [2.05, 4.69) is 4.99 Å². The number of aryl methyl sites for hydroxylation is 1. The highest BCUT2D eigenvalue weighted by molar-refractivity contribution is 7.17. The van der Waals surface area contributed by atoms with Gasteiger partial charge >= 0.3 is 0 Å². The van der Waals surface area contributed by atoms with E-state index in [1.54, 1.807) is 0 Å². The van der Waals surface area contributed by atoms with E-state index >= 15 is 0 Å². The van der Waals surface area contributed by atoms with Crippen molar-refractivity contribution < 1.29 is 9.72 Å². The predicted octanol–water partition coefficient (Wildman–Crippen LogP) is 4.04. The Morgan fingerprint density at radius 1 is 1.12 bits per heavy atom. The van der Waals surface area contributed by atoms with Gasteiger partial charge in [-0.3, -0.25) is 14.9 Å². The molecule has 0 aliphatic carbocycles. The number of amides is 1. The zero-order chi connectivity index (χ0) is 18.3. The Hall–Kier alpha value is -3.32. The summed E-state index contributed by atoms with van der Waals surface area (Å²) in [6, 6.07) is 17.7. The number of fused-ring (bicyclic) bond motifs is 3. The summed E-state index contributed by atoms with van der Waals surface area (Å²) in [4.78, 5) is 27.6. The molecule has 6 nitrogen and oxygen atoms in total. The number of benzene rings is 3. The van der Waals surface area contributed by atoms with Crippen LogP contribution in [0, 0.1) is 10.1 Å². The molecule has 0 atom stereocenters. The lowest BCUT2D eigenvalue weighted by Crippen LogP contribution is -2.13. The van der Waals surface area contributed by atoms with Crippen molar-refractivity contribution in [3.63, 3.8) is 0 Å². The molecule has 1 heterocycles. The Kier molecular flexibility index (Phi) is 3.85. The molecule has 4 rings (SSSR count). The first-order valence-electron chi connectivity index (χ1n) is 7.85. The Morgan fingerprint density at radius 2 is 1.92 bits per heavy atom. The van der Waals surface area contributed by atoms with Crippen LogP contribution >= 0.6 is 11.3 Å². The van der Waals surface area contributed by atoms with Crippen molar-refractivity contribution in [2.75, 3.05) is 0 Å². The van der Waals surface area contributed by atoms with Crippen molar-refractivity contribution in [3.05, 3.63) is 81.1 Å². The number of hydrogen-bond donors (Lipinski definition) is 0. The van der Waals surface area contributed by atoms with Crippen LogP contribution in [0.3, 0.4) is 0 Å². The van der Waals surface area contributed by atoms with E-state index in [1.807, 2.05) is 48.0 Å². The van der Waals surface area contributed by atoms with Crippen molar-refractivity contribution in [3.8, 4) is 0 Å². The Labute approximate surface area is 151 Å². The number of nitro groups is 1. The first kappa shape index (κ1) is 16.2. The second kappa shape index (κ2) is 6.20. The van der Waals surface area contributed by atoms with Crippen LogP contribution in [0.25, 0.3) is 21.0 Å². The second-order valence-corrected chi connectivity index (χ2v) is 6.78. The normalized spacial score (nSPS) is 12.0. The van der Waals surface area contributed by atoms with Gasteiger partial charge in [0.1, 0.15) is 0 Å². The zero-order valence-corrected chi connectivity index (χ0v) is 14.6. The molecule has 0 saturated carbocycles. The van der Waals surface area contributed by atoms with E-state index < -0.39 is 10.8 Å². The lowest BCUT2D eigenvalue weighted by molar-refractivity contribution is -0.384. The van der Waals surface area contributed by atoms with Gasteiger partial charge in [0.2, 0.25) is 0 Å². The molecule has 0 bridgehead atoms. The maximum atomic E-state index is 12.5. The van der Waals surface area contributed by atoms with Gasteiger partial charge in [-0.1, -0.05) is 47.7 Å². The van der Waals surface area contributed by atoms with Gasteiger partial charge in [0, 0.05) is 30.1 Å². The van der Waals surface area contributed by atoms with Crippen LogP contribution in [0.4, 0.5) is 5.69 Å². The maximum absolute atomic E-state index is 12.5. The minimum absolute atomic E-state index is 0.127. The molecule has 0 fully saturated rings. The van der Waals surface area contributed by atoms with Crippen LogP contribution < -0.4 is 4.80 Å². The third-order valence-electron chi connectivity index (χ3n) is 4.20. The number of rotatable bonds is 2. The topological polar surface area (TPSA) is 77.5 Å². The first-order chi connectivity index (χ1) is 12.5. The molecule has 0 saturated heterocycles. The van der Waals surface area contributed by atoms with Crippen molar-refractivity contribution in [1.82, 2.24) is 4.57 Å². The van der Waals surface area contributed by atoms with Gasteiger partial charge in [-0.05, 0) is 17.5 Å². The lowest BCUT2D eigenvalue weighted by atomic mass is 10.1. The lowest BCUT2D eigenvalue weighted by Gasteiger charge is -1.99. The minimum Gasteiger partial charge on any atom is -0.319 e. The van der Waals surface area contributed by atoms with E-state index in [4.69, 9.17) is 0 Å². The number of aromatic nitrogens is 1. The van der Waals surface area contributed by atoms with Gasteiger partial charge in [0.25, 0.3) is 11.6 Å². The molecular formula is C19H13N3O3S.